The van der Waals surface area contributed by atoms with Gasteiger partial charge in [-0.05, 0) is 56.2 Å². The van der Waals surface area contributed by atoms with Gasteiger partial charge in [-0.15, -0.1) is 10.2 Å². The molecule has 0 saturated carbocycles. The third kappa shape index (κ3) is 5.36. The molecule has 1 aromatic carbocycles. The van der Waals surface area contributed by atoms with Crippen LogP contribution < -0.4 is 10.0 Å². The van der Waals surface area contributed by atoms with E-state index >= 15 is 0 Å². The van der Waals surface area contributed by atoms with Crippen LogP contribution in [0.3, 0.4) is 0 Å². The largest absolute Gasteiger partial charge is 0.367 e. The number of rotatable bonds is 8. The normalized spacial score (nSPS) is 11.6. The Morgan fingerprint density at radius 3 is 2.31 bits per heavy atom. The van der Waals surface area contributed by atoms with E-state index in [0.717, 1.165) is 17.0 Å². The Labute approximate surface area is 169 Å². The number of aryl methyl sites for hydroxylation is 1. The molecule has 0 aliphatic rings. The summed E-state index contributed by atoms with van der Waals surface area (Å²) in [6, 6.07) is 8.95. The zero-order valence-electron chi connectivity index (χ0n) is 16.5. The van der Waals surface area contributed by atoms with E-state index in [1.807, 2.05) is 20.8 Å². The predicted molar refractivity (Wildman–Crippen MR) is 109 cm³/mol. The van der Waals surface area contributed by atoms with Gasteiger partial charge in [-0.25, -0.2) is 22.2 Å². The number of nitrogens with zero attached hydrogens (tertiary/aromatic N) is 4. The van der Waals surface area contributed by atoms with Gasteiger partial charge in [-0.3, -0.25) is 0 Å². The molecule has 8 nitrogen and oxygen atoms in total. The van der Waals surface area contributed by atoms with Gasteiger partial charge in [-0.1, -0.05) is 12.1 Å². The molecule has 3 rings (SSSR count). The Kier molecular flexibility index (Phi) is 6.23. The fourth-order valence-corrected chi connectivity index (χ4v) is 3.87. The SMILES string of the molecule is Cc1nn(-c2ccc(NCCNS(=O)(=O)Cc3ccc(F)cc3)nn2)c(C)c1C. The maximum Gasteiger partial charge on any atom is 0.215 e. The van der Waals surface area contributed by atoms with Gasteiger partial charge in [0.2, 0.25) is 10.0 Å². The number of halogens is 1. The van der Waals surface area contributed by atoms with E-state index in [1.165, 1.54) is 24.3 Å². The van der Waals surface area contributed by atoms with E-state index in [9.17, 15) is 12.8 Å². The molecule has 154 valence electrons. The number of nitrogens with one attached hydrogen (secondary N) is 2. The third-order valence-corrected chi connectivity index (χ3v) is 5.90. The Morgan fingerprint density at radius 2 is 1.72 bits per heavy atom. The monoisotopic (exact) mass is 418 g/mol. The Hall–Kier alpha value is -2.85. The molecular formula is C19H23FN6O2S. The Morgan fingerprint density at radius 1 is 1.00 bits per heavy atom. The maximum absolute atomic E-state index is 12.9. The highest BCUT2D eigenvalue weighted by Gasteiger charge is 2.12. The van der Waals surface area contributed by atoms with Crippen molar-refractivity contribution in [1.82, 2.24) is 24.7 Å². The summed E-state index contributed by atoms with van der Waals surface area (Å²) >= 11 is 0. The first kappa shape index (κ1) is 20.9. The molecule has 0 saturated heterocycles. The summed E-state index contributed by atoms with van der Waals surface area (Å²) in [4.78, 5) is 0. The van der Waals surface area contributed by atoms with Crippen molar-refractivity contribution in [3.63, 3.8) is 0 Å². The summed E-state index contributed by atoms with van der Waals surface area (Å²) in [5.74, 6) is 0.543. The standard InChI is InChI=1S/C19H23FN6O2S/c1-13-14(2)25-26(15(13)3)19-9-8-18(23-24-19)21-10-11-22-29(27,28)12-16-4-6-17(20)7-5-16/h4-9,22H,10-12H2,1-3H3,(H,21,23). The van der Waals surface area contributed by atoms with Crippen LogP contribution in [-0.4, -0.2) is 41.5 Å². The molecule has 0 aliphatic heterocycles. The van der Waals surface area contributed by atoms with Gasteiger partial charge in [0, 0.05) is 18.8 Å². The fourth-order valence-electron chi connectivity index (χ4n) is 2.72. The lowest BCUT2D eigenvalue weighted by Gasteiger charge is -2.09. The summed E-state index contributed by atoms with van der Waals surface area (Å²) < 4.78 is 41.3. The second-order valence-electron chi connectivity index (χ2n) is 6.69. The van der Waals surface area contributed by atoms with Gasteiger partial charge < -0.3 is 5.32 Å². The van der Waals surface area contributed by atoms with Gasteiger partial charge in [0.1, 0.15) is 11.6 Å². The highest BCUT2D eigenvalue weighted by molar-refractivity contribution is 7.88. The van der Waals surface area contributed by atoms with Crippen molar-refractivity contribution in [3.8, 4) is 5.82 Å². The molecule has 2 N–H and O–H groups in total. The van der Waals surface area contributed by atoms with E-state index in [1.54, 1.807) is 16.8 Å². The first-order valence-corrected chi connectivity index (χ1v) is 10.7. The van der Waals surface area contributed by atoms with Gasteiger partial charge in [0.05, 0.1) is 11.4 Å². The van der Waals surface area contributed by atoms with Crippen molar-refractivity contribution in [2.75, 3.05) is 18.4 Å². The van der Waals surface area contributed by atoms with Crippen LogP contribution in [0.1, 0.15) is 22.5 Å². The number of aromatic nitrogens is 4. The van der Waals surface area contributed by atoms with E-state index in [0.29, 0.717) is 23.7 Å². The molecule has 0 radical (unpaired) electrons. The van der Waals surface area contributed by atoms with Crippen LogP contribution in [0.15, 0.2) is 36.4 Å². The summed E-state index contributed by atoms with van der Waals surface area (Å²) in [6.45, 7) is 6.45. The molecule has 10 heteroatoms. The first-order chi connectivity index (χ1) is 13.7. The zero-order chi connectivity index (χ0) is 21.0. The fraction of sp³-hybridized carbons (Fsp3) is 0.316. The summed E-state index contributed by atoms with van der Waals surface area (Å²) in [5, 5.41) is 15.7. The lowest BCUT2D eigenvalue weighted by atomic mass is 10.2. The smallest absolute Gasteiger partial charge is 0.215 e. The molecule has 2 heterocycles. The van der Waals surface area contributed by atoms with Crippen molar-refractivity contribution >= 4 is 15.8 Å². The molecule has 0 atom stereocenters. The maximum atomic E-state index is 12.9. The molecule has 2 aromatic heterocycles. The van der Waals surface area contributed by atoms with Gasteiger partial charge in [0.15, 0.2) is 5.82 Å². The molecule has 29 heavy (non-hydrogen) atoms. The Balaban J connectivity index is 1.50. The summed E-state index contributed by atoms with van der Waals surface area (Å²) in [7, 11) is -3.51. The molecule has 0 bridgehead atoms. The number of anilines is 1. The van der Waals surface area contributed by atoms with Crippen molar-refractivity contribution in [2.24, 2.45) is 0 Å². The van der Waals surface area contributed by atoms with E-state index in [4.69, 9.17) is 0 Å². The minimum atomic E-state index is -3.51. The first-order valence-electron chi connectivity index (χ1n) is 9.08. The van der Waals surface area contributed by atoms with Crippen LogP contribution in [0, 0.1) is 26.6 Å². The molecule has 0 amide bonds. The van der Waals surface area contributed by atoms with Crippen molar-refractivity contribution in [1.29, 1.82) is 0 Å². The average molecular weight is 418 g/mol. The highest BCUT2D eigenvalue weighted by atomic mass is 32.2. The van der Waals surface area contributed by atoms with E-state index in [2.05, 4.69) is 25.3 Å². The van der Waals surface area contributed by atoms with Crippen molar-refractivity contribution in [3.05, 3.63) is 64.7 Å². The minimum absolute atomic E-state index is 0.184. The van der Waals surface area contributed by atoms with Gasteiger partial charge >= 0.3 is 0 Å². The molecular weight excluding hydrogens is 395 g/mol. The van der Waals surface area contributed by atoms with Gasteiger partial charge in [0.25, 0.3) is 0 Å². The summed E-state index contributed by atoms with van der Waals surface area (Å²) in [6.07, 6.45) is 0. The number of hydrogen-bond acceptors (Lipinski definition) is 6. The second-order valence-corrected chi connectivity index (χ2v) is 8.50. The van der Waals surface area contributed by atoms with E-state index in [-0.39, 0.29) is 12.3 Å². The minimum Gasteiger partial charge on any atom is -0.367 e. The predicted octanol–water partition coefficient (Wildman–Crippen LogP) is 2.26. The lowest BCUT2D eigenvalue weighted by Crippen LogP contribution is -2.30. The quantitative estimate of drug-likeness (QED) is 0.544. The van der Waals surface area contributed by atoms with Gasteiger partial charge in [-0.2, -0.15) is 5.10 Å². The molecule has 0 spiro atoms. The number of hydrogen-bond donors (Lipinski definition) is 2. The number of benzene rings is 1. The van der Waals surface area contributed by atoms with Crippen LogP contribution in [0.2, 0.25) is 0 Å². The van der Waals surface area contributed by atoms with E-state index < -0.39 is 15.8 Å². The topological polar surface area (TPSA) is 102 Å². The summed E-state index contributed by atoms with van der Waals surface area (Å²) in [5.41, 5.74) is 3.59. The Bertz CT molecular complexity index is 1080. The number of sulfonamides is 1. The zero-order valence-corrected chi connectivity index (χ0v) is 17.3. The van der Waals surface area contributed by atoms with Crippen LogP contribution in [0.5, 0.6) is 0 Å². The van der Waals surface area contributed by atoms with Crippen LogP contribution >= 0.6 is 0 Å². The average Bonchev–Trinajstić information content (AvgIpc) is 2.95. The van der Waals surface area contributed by atoms with Crippen LogP contribution in [0.4, 0.5) is 10.2 Å². The molecule has 0 fully saturated rings. The van der Waals surface area contributed by atoms with Crippen molar-refractivity contribution in [2.45, 2.75) is 26.5 Å². The third-order valence-electron chi connectivity index (χ3n) is 4.54. The molecule has 0 unspecified atom stereocenters. The molecule has 3 aromatic rings. The molecule has 0 aliphatic carbocycles. The van der Waals surface area contributed by atoms with Crippen LogP contribution in [-0.2, 0) is 15.8 Å². The van der Waals surface area contributed by atoms with Crippen molar-refractivity contribution < 1.29 is 12.8 Å². The van der Waals surface area contributed by atoms with Crippen LogP contribution in [0.25, 0.3) is 5.82 Å². The second kappa shape index (κ2) is 8.66. The highest BCUT2D eigenvalue weighted by Crippen LogP contribution is 2.15. The lowest BCUT2D eigenvalue weighted by molar-refractivity contribution is 0.581.